The minimum atomic E-state index is -3.82. The summed E-state index contributed by atoms with van der Waals surface area (Å²) in [7, 11) is -2.43. The Morgan fingerprint density at radius 2 is 1.95 bits per heavy atom. The maximum absolute atomic E-state index is 13.1. The van der Waals surface area contributed by atoms with Crippen molar-refractivity contribution in [1.29, 1.82) is 0 Å². The van der Waals surface area contributed by atoms with E-state index in [1.54, 1.807) is 0 Å². The van der Waals surface area contributed by atoms with Crippen LogP contribution in [0.1, 0.15) is 0 Å². The second kappa shape index (κ2) is 5.90. The zero-order chi connectivity index (χ0) is 15.6. The van der Waals surface area contributed by atoms with Crippen LogP contribution in [0.15, 0.2) is 45.8 Å². The van der Waals surface area contributed by atoms with E-state index in [2.05, 4.69) is 20.7 Å². The van der Waals surface area contributed by atoms with Crippen LogP contribution in [0.4, 0.5) is 15.8 Å². The summed E-state index contributed by atoms with van der Waals surface area (Å²) in [6.07, 6.45) is 0. The van der Waals surface area contributed by atoms with Gasteiger partial charge in [0, 0.05) is 6.07 Å². The average molecular weight is 375 g/mol. The average Bonchev–Trinajstić information content (AvgIpc) is 2.43. The Hall–Kier alpha value is -1.80. The molecule has 0 fully saturated rings. The molecule has 0 amide bonds. The summed E-state index contributed by atoms with van der Waals surface area (Å²) in [5, 5.41) is 0. The van der Waals surface area contributed by atoms with Crippen molar-refractivity contribution in [1.82, 2.24) is 0 Å². The molecule has 5 nitrogen and oxygen atoms in total. The van der Waals surface area contributed by atoms with Crippen LogP contribution in [-0.2, 0) is 10.0 Å². The van der Waals surface area contributed by atoms with E-state index in [0.717, 1.165) is 6.07 Å². The highest BCUT2D eigenvalue weighted by Gasteiger charge is 2.16. The first-order chi connectivity index (χ1) is 9.83. The quantitative estimate of drug-likeness (QED) is 0.806. The Kier molecular flexibility index (Phi) is 4.38. The van der Waals surface area contributed by atoms with Crippen LogP contribution >= 0.6 is 15.9 Å². The normalized spacial score (nSPS) is 11.2. The Morgan fingerprint density at radius 1 is 1.24 bits per heavy atom. The fraction of sp³-hybridized carbons (Fsp3) is 0.0769. The SMILES string of the molecule is COc1cc(S(=O)(=O)Nc2ccc(F)c(Br)c2)ccc1N. The molecule has 0 heterocycles. The summed E-state index contributed by atoms with van der Waals surface area (Å²) in [6.45, 7) is 0. The number of hydrogen-bond donors (Lipinski definition) is 2. The number of methoxy groups -OCH3 is 1. The molecule has 0 radical (unpaired) electrons. The molecule has 8 heteroatoms. The lowest BCUT2D eigenvalue weighted by atomic mass is 10.3. The lowest BCUT2D eigenvalue weighted by Crippen LogP contribution is -2.13. The summed E-state index contributed by atoms with van der Waals surface area (Å²) in [5.41, 5.74) is 6.21. The molecule has 0 aliphatic heterocycles. The van der Waals surface area contributed by atoms with Crippen LogP contribution < -0.4 is 15.2 Å². The Balaban J connectivity index is 2.35. The molecule has 0 bridgehead atoms. The van der Waals surface area contributed by atoms with Crippen molar-refractivity contribution in [2.45, 2.75) is 4.90 Å². The molecule has 2 rings (SSSR count). The van der Waals surface area contributed by atoms with Crippen molar-refractivity contribution in [3.63, 3.8) is 0 Å². The lowest BCUT2D eigenvalue weighted by molar-refractivity contribution is 0.415. The van der Waals surface area contributed by atoms with Crippen molar-refractivity contribution in [3.05, 3.63) is 46.7 Å². The highest BCUT2D eigenvalue weighted by atomic mass is 79.9. The van der Waals surface area contributed by atoms with Gasteiger partial charge in [0.15, 0.2) is 0 Å². The second-order valence-electron chi connectivity index (χ2n) is 4.14. The third-order valence-electron chi connectivity index (χ3n) is 2.69. The van der Waals surface area contributed by atoms with Gasteiger partial charge in [-0.3, -0.25) is 4.72 Å². The van der Waals surface area contributed by atoms with Crippen molar-refractivity contribution < 1.29 is 17.5 Å². The maximum atomic E-state index is 13.1. The van der Waals surface area contributed by atoms with Crippen molar-refractivity contribution in [2.24, 2.45) is 0 Å². The molecule has 112 valence electrons. The van der Waals surface area contributed by atoms with E-state index >= 15 is 0 Å². The van der Waals surface area contributed by atoms with E-state index in [0.29, 0.717) is 5.69 Å². The van der Waals surface area contributed by atoms with Gasteiger partial charge in [-0.15, -0.1) is 0 Å². The van der Waals surface area contributed by atoms with Crippen LogP contribution in [0.2, 0.25) is 0 Å². The predicted octanol–water partition coefficient (Wildman–Crippen LogP) is 2.98. The number of hydrogen-bond acceptors (Lipinski definition) is 4. The fourth-order valence-electron chi connectivity index (χ4n) is 1.63. The van der Waals surface area contributed by atoms with E-state index in [-0.39, 0.29) is 20.8 Å². The second-order valence-corrected chi connectivity index (χ2v) is 6.67. The van der Waals surface area contributed by atoms with Gasteiger partial charge in [-0.25, -0.2) is 12.8 Å². The van der Waals surface area contributed by atoms with Crippen LogP contribution in [0.5, 0.6) is 5.75 Å². The molecule has 2 aromatic rings. The van der Waals surface area contributed by atoms with Crippen molar-refractivity contribution >= 4 is 37.3 Å². The van der Waals surface area contributed by atoms with Gasteiger partial charge in [-0.05, 0) is 46.3 Å². The molecule has 0 spiro atoms. The summed E-state index contributed by atoms with van der Waals surface area (Å²) in [4.78, 5) is -0.00556. The number of halogens is 2. The predicted molar refractivity (Wildman–Crippen MR) is 82.3 cm³/mol. The van der Waals surface area contributed by atoms with Gasteiger partial charge >= 0.3 is 0 Å². The van der Waals surface area contributed by atoms with Crippen LogP contribution in [0, 0.1) is 5.82 Å². The Bertz CT molecular complexity index is 781. The van der Waals surface area contributed by atoms with Gasteiger partial charge in [0.25, 0.3) is 10.0 Å². The van der Waals surface area contributed by atoms with Crippen molar-refractivity contribution in [3.8, 4) is 5.75 Å². The monoisotopic (exact) mass is 374 g/mol. The zero-order valence-corrected chi connectivity index (χ0v) is 13.3. The number of benzene rings is 2. The molecule has 0 saturated heterocycles. The molecule has 0 aliphatic rings. The number of nitrogens with two attached hydrogens (primary N) is 1. The lowest BCUT2D eigenvalue weighted by Gasteiger charge is -2.11. The van der Waals surface area contributed by atoms with Crippen LogP contribution in [0.3, 0.4) is 0 Å². The molecule has 0 aromatic heterocycles. The molecule has 2 aromatic carbocycles. The highest BCUT2D eigenvalue weighted by Crippen LogP contribution is 2.27. The van der Waals surface area contributed by atoms with Gasteiger partial charge in [-0.1, -0.05) is 0 Å². The fourth-order valence-corrected chi connectivity index (χ4v) is 3.08. The van der Waals surface area contributed by atoms with E-state index in [1.165, 1.54) is 37.4 Å². The molecule has 0 saturated carbocycles. The smallest absolute Gasteiger partial charge is 0.262 e. The minimum Gasteiger partial charge on any atom is -0.495 e. The van der Waals surface area contributed by atoms with Crippen molar-refractivity contribution in [2.75, 3.05) is 17.6 Å². The van der Waals surface area contributed by atoms with E-state index in [9.17, 15) is 12.8 Å². The third-order valence-corrected chi connectivity index (χ3v) is 4.67. The number of ether oxygens (including phenoxy) is 1. The Morgan fingerprint density at radius 3 is 2.57 bits per heavy atom. The Labute approximate surface area is 130 Å². The first-order valence-corrected chi connectivity index (χ1v) is 8.02. The number of sulfonamides is 1. The molecule has 0 atom stereocenters. The molecule has 3 N–H and O–H groups in total. The number of nitrogen functional groups attached to an aromatic ring is 1. The molecular weight excluding hydrogens is 363 g/mol. The van der Waals surface area contributed by atoms with Gasteiger partial charge < -0.3 is 10.5 Å². The van der Waals surface area contributed by atoms with E-state index in [1.807, 2.05) is 0 Å². The summed E-state index contributed by atoms with van der Waals surface area (Å²) >= 11 is 3.00. The molecule has 0 unspecified atom stereocenters. The van der Waals surface area contributed by atoms with E-state index < -0.39 is 15.8 Å². The number of rotatable bonds is 4. The largest absolute Gasteiger partial charge is 0.495 e. The van der Waals surface area contributed by atoms with Crippen LogP contribution in [-0.4, -0.2) is 15.5 Å². The van der Waals surface area contributed by atoms with Gasteiger partial charge in [0.2, 0.25) is 0 Å². The summed E-state index contributed by atoms with van der Waals surface area (Å²) in [6, 6.07) is 7.93. The minimum absolute atomic E-state index is 0.00556. The first kappa shape index (κ1) is 15.6. The first-order valence-electron chi connectivity index (χ1n) is 5.75. The summed E-state index contributed by atoms with van der Waals surface area (Å²) in [5.74, 6) is -0.217. The molecule has 21 heavy (non-hydrogen) atoms. The highest BCUT2D eigenvalue weighted by molar-refractivity contribution is 9.10. The molecule has 0 aliphatic carbocycles. The van der Waals surface area contributed by atoms with E-state index in [4.69, 9.17) is 10.5 Å². The third kappa shape index (κ3) is 3.45. The topological polar surface area (TPSA) is 81.4 Å². The number of anilines is 2. The van der Waals surface area contributed by atoms with Gasteiger partial charge in [0.05, 0.1) is 27.9 Å². The number of nitrogens with one attached hydrogen (secondary N) is 1. The zero-order valence-electron chi connectivity index (χ0n) is 10.9. The maximum Gasteiger partial charge on any atom is 0.262 e. The van der Waals surface area contributed by atoms with Gasteiger partial charge in [0.1, 0.15) is 11.6 Å². The van der Waals surface area contributed by atoms with Crippen LogP contribution in [0.25, 0.3) is 0 Å². The summed E-state index contributed by atoms with van der Waals surface area (Å²) < 4.78 is 45.2. The standard InChI is InChI=1S/C13H12BrFN2O3S/c1-20-13-7-9(3-5-12(13)16)21(18,19)17-8-2-4-11(15)10(14)6-8/h2-7,17H,16H2,1H3. The van der Waals surface area contributed by atoms with Gasteiger partial charge in [-0.2, -0.15) is 0 Å². The molecular formula is C13H12BrFN2O3S.